The second-order valence-electron chi connectivity index (χ2n) is 4.53. The lowest BCUT2D eigenvalue weighted by Crippen LogP contribution is -2.38. The first-order valence-corrected chi connectivity index (χ1v) is 5.26. The number of amidine groups is 1. The maximum Gasteiger partial charge on any atom is 0.140 e. The highest BCUT2D eigenvalue weighted by atomic mass is 16.4. The molecule has 1 heterocycles. The van der Waals surface area contributed by atoms with Gasteiger partial charge in [0.05, 0.1) is 0 Å². The Kier molecular flexibility index (Phi) is 3.75. The molecule has 0 radical (unpaired) electrons. The smallest absolute Gasteiger partial charge is 0.140 e. The molecule has 0 bridgehead atoms. The fourth-order valence-electron chi connectivity index (χ4n) is 2.41. The summed E-state index contributed by atoms with van der Waals surface area (Å²) in [6.07, 6.45) is 1.90. The largest absolute Gasteiger partial charge is 0.409 e. The molecule has 1 aliphatic heterocycles. The van der Waals surface area contributed by atoms with Gasteiger partial charge in [0.1, 0.15) is 5.84 Å². The zero-order valence-electron chi connectivity index (χ0n) is 9.27. The van der Waals surface area contributed by atoms with E-state index in [0.717, 1.165) is 12.5 Å². The van der Waals surface area contributed by atoms with Crippen molar-refractivity contribution in [2.24, 2.45) is 16.8 Å². The van der Waals surface area contributed by atoms with Crippen molar-refractivity contribution in [3.8, 4) is 0 Å². The molecule has 82 valence electrons. The quantitative estimate of drug-likeness (QED) is 0.311. The van der Waals surface area contributed by atoms with Gasteiger partial charge in [-0.3, -0.25) is 4.90 Å². The van der Waals surface area contributed by atoms with Gasteiger partial charge in [0.2, 0.25) is 0 Å². The summed E-state index contributed by atoms with van der Waals surface area (Å²) in [7, 11) is 0. The van der Waals surface area contributed by atoms with E-state index in [9.17, 15) is 0 Å². The van der Waals surface area contributed by atoms with Crippen molar-refractivity contribution in [2.45, 2.75) is 45.7 Å². The Morgan fingerprint density at radius 2 is 2.29 bits per heavy atom. The van der Waals surface area contributed by atoms with Crippen LogP contribution in [-0.4, -0.2) is 34.6 Å². The highest BCUT2D eigenvalue weighted by molar-refractivity contribution is 5.80. The fraction of sp³-hybridized carbons (Fsp3) is 0.900. The molecule has 0 aromatic carbocycles. The lowest BCUT2D eigenvalue weighted by atomic mass is 10.1. The first-order valence-electron chi connectivity index (χ1n) is 5.26. The number of likely N-dealkylation sites (tertiary alicyclic amines) is 1. The molecule has 0 aromatic rings. The number of nitrogens with two attached hydrogens (primary N) is 1. The number of hydrogen-bond donors (Lipinski definition) is 2. The van der Waals surface area contributed by atoms with E-state index in [1.807, 2.05) is 0 Å². The van der Waals surface area contributed by atoms with Crippen molar-refractivity contribution in [2.75, 3.05) is 6.54 Å². The molecule has 14 heavy (non-hydrogen) atoms. The Morgan fingerprint density at radius 1 is 1.64 bits per heavy atom. The van der Waals surface area contributed by atoms with Crippen LogP contribution >= 0.6 is 0 Å². The van der Waals surface area contributed by atoms with E-state index in [2.05, 4.69) is 30.8 Å². The van der Waals surface area contributed by atoms with Crippen LogP contribution in [0.25, 0.3) is 0 Å². The second kappa shape index (κ2) is 4.64. The van der Waals surface area contributed by atoms with Gasteiger partial charge < -0.3 is 10.9 Å². The Hall–Kier alpha value is -0.770. The van der Waals surface area contributed by atoms with Gasteiger partial charge in [-0.1, -0.05) is 12.1 Å². The zero-order chi connectivity index (χ0) is 10.7. The maximum absolute atomic E-state index is 8.49. The minimum absolute atomic E-state index is 0.323. The Balaban J connectivity index is 2.48. The first-order chi connectivity index (χ1) is 6.54. The molecule has 3 atom stereocenters. The highest BCUT2D eigenvalue weighted by Crippen LogP contribution is 2.25. The van der Waals surface area contributed by atoms with Crippen molar-refractivity contribution in [1.29, 1.82) is 0 Å². The predicted octanol–water partition coefficient (Wildman–Crippen LogP) is 1.24. The minimum Gasteiger partial charge on any atom is -0.409 e. The number of oxime groups is 1. The van der Waals surface area contributed by atoms with Crippen molar-refractivity contribution in [1.82, 2.24) is 4.90 Å². The SMILES string of the molecule is CC1CC(C)N(C(C)CC(N)=NO)C1. The normalized spacial score (nSPS) is 32.1. The Labute approximate surface area is 85.8 Å². The van der Waals surface area contributed by atoms with Gasteiger partial charge in [0.25, 0.3) is 0 Å². The van der Waals surface area contributed by atoms with Crippen LogP contribution in [0.15, 0.2) is 5.16 Å². The molecule has 1 saturated heterocycles. The number of rotatable bonds is 3. The summed E-state index contributed by atoms with van der Waals surface area (Å²) < 4.78 is 0. The van der Waals surface area contributed by atoms with Crippen LogP contribution in [0.4, 0.5) is 0 Å². The van der Waals surface area contributed by atoms with Crippen molar-refractivity contribution < 1.29 is 5.21 Å². The summed E-state index contributed by atoms with van der Waals surface area (Å²) in [5.74, 6) is 1.09. The summed E-state index contributed by atoms with van der Waals surface area (Å²) >= 11 is 0. The fourth-order valence-corrected chi connectivity index (χ4v) is 2.41. The second-order valence-corrected chi connectivity index (χ2v) is 4.53. The zero-order valence-corrected chi connectivity index (χ0v) is 9.27. The van der Waals surface area contributed by atoms with E-state index < -0.39 is 0 Å². The van der Waals surface area contributed by atoms with Gasteiger partial charge in [-0.2, -0.15) is 0 Å². The molecule has 3 N–H and O–H groups in total. The van der Waals surface area contributed by atoms with Crippen LogP contribution in [0, 0.1) is 5.92 Å². The van der Waals surface area contributed by atoms with E-state index >= 15 is 0 Å². The van der Waals surface area contributed by atoms with Gasteiger partial charge >= 0.3 is 0 Å². The molecule has 0 spiro atoms. The van der Waals surface area contributed by atoms with Crippen LogP contribution in [0.5, 0.6) is 0 Å². The molecule has 0 amide bonds. The van der Waals surface area contributed by atoms with Crippen LogP contribution in [0.2, 0.25) is 0 Å². The Bertz CT molecular complexity index is 217. The summed E-state index contributed by atoms with van der Waals surface area (Å²) in [5.41, 5.74) is 5.49. The molecule has 4 nitrogen and oxygen atoms in total. The van der Waals surface area contributed by atoms with E-state index in [0.29, 0.717) is 24.3 Å². The van der Waals surface area contributed by atoms with Gasteiger partial charge in [0, 0.05) is 25.0 Å². The number of nitrogens with zero attached hydrogens (tertiary/aromatic N) is 2. The van der Waals surface area contributed by atoms with E-state index in [4.69, 9.17) is 10.9 Å². The average Bonchev–Trinajstić information content (AvgIpc) is 2.45. The maximum atomic E-state index is 8.49. The molecular formula is C10H21N3O. The minimum atomic E-state index is 0.323. The lowest BCUT2D eigenvalue weighted by molar-refractivity contribution is 0.202. The summed E-state index contributed by atoms with van der Waals surface area (Å²) in [6.45, 7) is 7.77. The molecule has 4 heteroatoms. The van der Waals surface area contributed by atoms with Crippen molar-refractivity contribution in [3.63, 3.8) is 0 Å². The lowest BCUT2D eigenvalue weighted by Gasteiger charge is -2.28. The van der Waals surface area contributed by atoms with Crippen molar-refractivity contribution >= 4 is 5.84 Å². The molecule has 3 unspecified atom stereocenters. The molecule has 0 aliphatic carbocycles. The van der Waals surface area contributed by atoms with Gasteiger partial charge in [0.15, 0.2) is 0 Å². The van der Waals surface area contributed by atoms with Crippen LogP contribution < -0.4 is 5.73 Å². The van der Waals surface area contributed by atoms with Crippen molar-refractivity contribution in [3.05, 3.63) is 0 Å². The molecule has 0 aromatic heterocycles. The van der Waals surface area contributed by atoms with Gasteiger partial charge in [-0.05, 0) is 26.2 Å². The third-order valence-corrected chi connectivity index (χ3v) is 3.03. The third-order valence-electron chi connectivity index (χ3n) is 3.03. The van der Waals surface area contributed by atoms with Crippen LogP contribution in [0.3, 0.4) is 0 Å². The monoisotopic (exact) mass is 199 g/mol. The highest BCUT2D eigenvalue weighted by Gasteiger charge is 2.29. The molecular weight excluding hydrogens is 178 g/mol. The summed E-state index contributed by atoms with van der Waals surface area (Å²) in [4.78, 5) is 2.43. The van der Waals surface area contributed by atoms with Crippen LogP contribution in [0.1, 0.15) is 33.6 Å². The van der Waals surface area contributed by atoms with Crippen LogP contribution in [-0.2, 0) is 0 Å². The average molecular weight is 199 g/mol. The Morgan fingerprint density at radius 3 is 2.71 bits per heavy atom. The van der Waals surface area contributed by atoms with Gasteiger partial charge in [-0.25, -0.2) is 0 Å². The number of hydrogen-bond acceptors (Lipinski definition) is 3. The summed E-state index contributed by atoms with van der Waals surface area (Å²) in [5, 5.41) is 11.5. The topological polar surface area (TPSA) is 61.8 Å². The molecule has 1 fully saturated rings. The molecule has 1 aliphatic rings. The van der Waals surface area contributed by atoms with E-state index in [1.54, 1.807) is 0 Å². The summed E-state index contributed by atoms with van der Waals surface area (Å²) in [6, 6.07) is 0.984. The third kappa shape index (κ3) is 2.61. The first kappa shape index (κ1) is 11.3. The van der Waals surface area contributed by atoms with Gasteiger partial charge in [-0.15, -0.1) is 0 Å². The molecule has 1 rings (SSSR count). The molecule has 0 saturated carbocycles. The standard InChI is InChI=1S/C10H21N3O/c1-7-4-8(2)13(6-7)9(3)5-10(11)12-14/h7-9,14H,4-6H2,1-3H3,(H2,11,12). The van der Waals surface area contributed by atoms with E-state index in [-0.39, 0.29) is 0 Å². The van der Waals surface area contributed by atoms with E-state index in [1.165, 1.54) is 6.42 Å². The predicted molar refractivity (Wildman–Crippen MR) is 57.4 cm³/mol.